The molecule has 2 aromatic carbocycles. The number of alkyl halides is 3. The molecule has 3 amide bonds. The summed E-state index contributed by atoms with van der Waals surface area (Å²) in [6.07, 6.45) is -3.04. The SMILES string of the molecule is Cc1ccc(CN(Cc2ccccc2)C(=O)CN(CC2CCCO2)C(=O)Nc2ccc(C(F)(F)F)cc2)s1. The first-order chi connectivity index (χ1) is 18.2. The predicted molar refractivity (Wildman–Crippen MR) is 141 cm³/mol. The molecule has 0 bridgehead atoms. The molecule has 0 saturated carbocycles. The number of halogens is 3. The van der Waals surface area contributed by atoms with E-state index < -0.39 is 17.8 Å². The molecule has 0 spiro atoms. The summed E-state index contributed by atoms with van der Waals surface area (Å²) in [7, 11) is 0. The summed E-state index contributed by atoms with van der Waals surface area (Å²) in [5.41, 5.74) is 0.374. The van der Waals surface area contributed by atoms with Gasteiger partial charge < -0.3 is 19.9 Å². The zero-order valence-electron chi connectivity index (χ0n) is 21.0. The Labute approximate surface area is 224 Å². The molecule has 0 aliphatic carbocycles. The van der Waals surface area contributed by atoms with Gasteiger partial charge >= 0.3 is 12.2 Å². The minimum absolute atomic E-state index is 0.191. The average molecular weight is 546 g/mol. The van der Waals surface area contributed by atoms with Gasteiger partial charge in [0, 0.05) is 35.1 Å². The molecule has 1 aliphatic heterocycles. The Balaban J connectivity index is 1.50. The van der Waals surface area contributed by atoms with Crippen LogP contribution in [0.1, 0.15) is 33.7 Å². The van der Waals surface area contributed by atoms with Crippen molar-refractivity contribution in [1.82, 2.24) is 9.80 Å². The van der Waals surface area contributed by atoms with Crippen LogP contribution in [0.25, 0.3) is 0 Å². The first-order valence-electron chi connectivity index (χ1n) is 12.4. The van der Waals surface area contributed by atoms with Crippen LogP contribution in [0, 0.1) is 6.92 Å². The van der Waals surface area contributed by atoms with Gasteiger partial charge in [-0.25, -0.2) is 4.79 Å². The van der Waals surface area contributed by atoms with Crippen LogP contribution in [0.15, 0.2) is 66.7 Å². The van der Waals surface area contributed by atoms with E-state index in [2.05, 4.69) is 5.32 Å². The maximum Gasteiger partial charge on any atom is 0.416 e. The molecule has 0 radical (unpaired) electrons. The fourth-order valence-corrected chi connectivity index (χ4v) is 5.16. The van der Waals surface area contributed by atoms with Gasteiger partial charge in [-0.1, -0.05) is 30.3 Å². The Morgan fingerprint density at radius 2 is 1.74 bits per heavy atom. The van der Waals surface area contributed by atoms with Gasteiger partial charge in [-0.05, 0) is 61.7 Å². The van der Waals surface area contributed by atoms with Crippen molar-refractivity contribution in [2.45, 2.75) is 45.1 Å². The van der Waals surface area contributed by atoms with Gasteiger partial charge in [0.15, 0.2) is 0 Å². The zero-order chi connectivity index (χ0) is 27.1. The Morgan fingerprint density at radius 1 is 1.00 bits per heavy atom. The van der Waals surface area contributed by atoms with Crippen molar-refractivity contribution in [3.63, 3.8) is 0 Å². The van der Waals surface area contributed by atoms with Crippen LogP contribution >= 0.6 is 11.3 Å². The summed E-state index contributed by atoms with van der Waals surface area (Å²) in [5, 5.41) is 2.64. The second kappa shape index (κ2) is 12.4. The van der Waals surface area contributed by atoms with Crippen LogP contribution in [0.4, 0.5) is 23.7 Å². The number of amides is 3. The number of carbonyl (C=O) groups is 2. The fourth-order valence-electron chi connectivity index (χ4n) is 4.26. The van der Waals surface area contributed by atoms with E-state index in [4.69, 9.17) is 4.74 Å². The predicted octanol–water partition coefficient (Wildman–Crippen LogP) is 6.32. The molecule has 1 fully saturated rings. The number of anilines is 1. The lowest BCUT2D eigenvalue weighted by Crippen LogP contribution is -2.46. The Morgan fingerprint density at radius 3 is 2.34 bits per heavy atom. The standard InChI is InChI=1S/C28H30F3N3O3S/c1-20-9-14-25(38-20)18-33(16-21-6-3-2-4-7-21)26(35)19-34(17-24-8-5-15-37-24)27(36)32-23-12-10-22(11-13-23)28(29,30)31/h2-4,6-7,9-14,24H,5,8,15-19H2,1H3,(H,32,36). The third-order valence-electron chi connectivity index (χ3n) is 6.24. The monoisotopic (exact) mass is 545 g/mol. The minimum atomic E-state index is -4.47. The van der Waals surface area contributed by atoms with E-state index >= 15 is 0 Å². The Kier molecular flexibility index (Phi) is 9.06. The lowest BCUT2D eigenvalue weighted by atomic mass is 10.2. The topological polar surface area (TPSA) is 61.9 Å². The number of urea groups is 1. The van der Waals surface area contributed by atoms with E-state index in [1.54, 1.807) is 16.2 Å². The fraction of sp³-hybridized carbons (Fsp3) is 0.357. The van der Waals surface area contributed by atoms with Crippen LogP contribution in [0.2, 0.25) is 0 Å². The first-order valence-corrected chi connectivity index (χ1v) is 13.2. The molecule has 10 heteroatoms. The van der Waals surface area contributed by atoms with Crippen molar-refractivity contribution in [2.75, 3.05) is 25.0 Å². The maximum atomic E-state index is 13.6. The van der Waals surface area contributed by atoms with Crippen molar-refractivity contribution in [2.24, 2.45) is 0 Å². The molecular formula is C28H30F3N3O3S. The van der Waals surface area contributed by atoms with Gasteiger partial charge in [-0.3, -0.25) is 4.79 Å². The van der Waals surface area contributed by atoms with Gasteiger partial charge in [0.1, 0.15) is 6.54 Å². The van der Waals surface area contributed by atoms with Crippen molar-refractivity contribution >= 4 is 29.0 Å². The number of hydrogen-bond donors (Lipinski definition) is 1. The van der Waals surface area contributed by atoms with Gasteiger partial charge in [0.05, 0.1) is 18.2 Å². The van der Waals surface area contributed by atoms with Crippen LogP contribution in [0.5, 0.6) is 0 Å². The minimum Gasteiger partial charge on any atom is -0.376 e. The molecule has 1 aliphatic rings. The number of nitrogens with one attached hydrogen (secondary N) is 1. The van der Waals surface area contributed by atoms with E-state index in [0.717, 1.165) is 40.3 Å². The quantitative estimate of drug-likeness (QED) is 0.343. The summed E-state index contributed by atoms with van der Waals surface area (Å²) in [6, 6.07) is 17.3. The van der Waals surface area contributed by atoms with Crippen LogP contribution in [0.3, 0.4) is 0 Å². The Bertz CT molecular complexity index is 1210. The lowest BCUT2D eigenvalue weighted by molar-refractivity contribution is -0.137. The largest absolute Gasteiger partial charge is 0.416 e. The van der Waals surface area contributed by atoms with E-state index in [9.17, 15) is 22.8 Å². The highest BCUT2D eigenvalue weighted by atomic mass is 32.1. The van der Waals surface area contributed by atoms with Crippen molar-refractivity contribution < 1.29 is 27.5 Å². The number of rotatable bonds is 9. The average Bonchev–Trinajstić information content (AvgIpc) is 3.55. The second-order valence-electron chi connectivity index (χ2n) is 9.27. The number of nitrogens with zero attached hydrogens (tertiary/aromatic N) is 2. The molecule has 38 heavy (non-hydrogen) atoms. The molecule has 6 nitrogen and oxygen atoms in total. The summed E-state index contributed by atoms with van der Waals surface area (Å²) >= 11 is 1.61. The van der Waals surface area contributed by atoms with Crippen molar-refractivity contribution in [3.8, 4) is 0 Å². The van der Waals surface area contributed by atoms with Crippen molar-refractivity contribution in [1.29, 1.82) is 0 Å². The van der Waals surface area contributed by atoms with E-state index in [1.165, 1.54) is 17.0 Å². The third-order valence-corrected chi connectivity index (χ3v) is 7.22. The van der Waals surface area contributed by atoms with Gasteiger partial charge in [0.25, 0.3) is 0 Å². The van der Waals surface area contributed by atoms with Crippen molar-refractivity contribution in [3.05, 3.63) is 87.6 Å². The number of benzene rings is 2. The maximum absolute atomic E-state index is 13.6. The molecule has 202 valence electrons. The summed E-state index contributed by atoms with van der Waals surface area (Å²) < 4.78 is 44.5. The molecular weight excluding hydrogens is 515 g/mol. The van der Waals surface area contributed by atoms with Crippen LogP contribution < -0.4 is 5.32 Å². The molecule has 1 aromatic heterocycles. The zero-order valence-corrected chi connectivity index (χ0v) is 21.9. The highest BCUT2D eigenvalue weighted by Gasteiger charge is 2.30. The molecule has 4 rings (SSSR count). The highest BCUT2D eigenvalue weighted by molar-refractivity contribution is 7.11. The molecule has 1 atom stereocenters. The third kappa shape index (κ3) is 7.82. The molecule has 2 heterocycles. The summed E-state index contributed by atoms with van der Waals surface area (Å²) in [6.45, 7) is 3.39. The first kappa shape index (κ1) is 27.7. The van der Waals surface area contributed by atoms with E-state index in [1.807, 2.05) is 49.4 Å². The molecule has 1 saturated heterocycles. The molecule has 1 N–H and O–H groups in total. The number of carbonyl (C=O) groups excluding carboxylic acids is 2. The smallest absolute Gasteiger partial charge is 0.376 e. The second-order valence-corrected chi connectivity index (χ2v) is 10.6. The number of thiophene rings is 1. The Hall–Kier alpha value is -3.37. The number of aryl methyl sites for hydroxylation is 1. The normalized spacial score (nSPS) is 15.3. The van der Waals surface area contributed by atoms with Crippen LogP contribution in [-0.4, -0.2) is 47.5 Å². The van der Waals surface area contributed by atoms with Gasteiger partial charge in [-0.15, -0.1) is 11.3 Å². The summed E-state index contributed by atoms with van der Waals surface area (Å²) in [5.74, 6) is -0.236. The lowest BCUT2D eigenvalue weighted by Gasteiger charge is -2.29. The van der Waals surface area contributed by atoms with E-state index in [0.29, 0.717) is 19.7 Å². The highest BCUT2D eigenvalue weighted by Crippen LogP contribution is 2.30. The number of ether oxygens (including phenoxy) is 1. The number of hydrogen-bond acceptors (Lipinski definition) is 4. The van der Waals surface area contributed by atoms with Crippen LogP contribution in [-0.2, 0) is 28.8 Å². The van der Waals surface area contributed by atoms with Gasteiger partial charge in [-0.2, -0.15) is 13.2 Å². The molecule has 1 unspecified atom stereocenters. The summed E-state index contributed by atoms with van der Waals surface area (Å²) in [4.78, 5) is 32.1. The van der Waals surface area contributed by atoms with Gasteiger partial charge in [0.2, 0.25) is 5.91 Å². The molecule has 3 aromatic rings. The van der Waals surface area contributed by atoms with E-state index in [-0.39, 0.29) is 30.8 Å².